The molecule has 0 heterocycles. The quantitative estimate of drug-likeness (QED) is 0.289. The third-order valence-electron chi connectivity index (χ3n) is 5.92. The summed E-state index contributed by atoms with van der Waals surface area (Å²) in [5, 5.41) is 11.0. The number of hydrogen-bond donors (Lipinski definition) is 0. The Morgan fingerprint density at radius 1 is 0.929 bits per heavy atom. The Labute approximate surface area is 174 Å². The van der Waals surface area contributed by atoms with Crippen molar-refractivity contribution in [3.63, 3.8) is 0 Å². The lowest BCUT2D eigenvalue weighted by Crippen LogP contribution is -2.44. The SMILES string of the molecule is Cc1c(C)c(Sc2ccc([N+](=O)[O-])cc2)c(C)c(C)c1O[Si](C)(C)C(C)(C)C. The molecule has 0 unspecified atom stereocenters. The van der Waals surface area contributed by atoms with E-state index in [-0.39, 0.29) is 15.6 Å². The van der Waals surface area contributed by atoms with Crippen molar-refractivity contribution >= 4 is 25.8 Å². The highest BCUT2D eigenvalue weighted by Crippen LogP contribution is 2.44. The van der Waals surface area contributed by atoms with Gasteiger partial charge in [-0.05, 0) is 80.2 Å². The second-order valence-electron chi connectivity index (χ2n) is 8.87. The first-order valence-corrected chi connectivity index (χ1v) is 13.2. The van der Waals surface area contributed by atoms with E-state index in [0.717, 1.165) is 10.6 Å². The van der Waals surface area contributed by atoms with Crippen LogP contribution in [0, 0.1) is 37.8 Å². The molecule has 0 bridgehead atoms. The van der Waals surface area contributed by atoms with E-state index in [0.29, 0.717) is 0 Å². The van der Waals surface area contributed by atoms with Gasteiger partial charge in [-0.25, -0.2) is 0 Å². The van der Waals surface area contributed by atoms with Gasteiger partial charge in [0.2, 0.25) is 0 Å². The van der Waals surface area contributed by atoms with Gasteiger partial charge in [-0.1, -0.05) is 32.5 Å². The third kappa shape index (κ3) is 4.44. The topological polar surface area (TPSA) is 52.4 Å². The van der Waals surface area contributed by atoms with Crippen molar-refractivity contribution in [2.24, 2.45) is 0 Å². The van der Waals surface area contributed by atoms with E-state index in [1.165, 1.54) is 27.1 Å². The summed E-state index contributed by atoms with van der Waals surface area (Å²) < 4.78 is 6.69. The van der Waals surface area contributed by atoms with Crippen LogP contribution in [-0.2, 0) is 0 Å². The first-order chi connectivity index (χ1) is 12.8. The molecule has 2 aromatic rings. The minimum atomic E-state index is -1.93. The Bertz CT molecular complexity index is 870. The van der Waals surface area contributed by atoms with Crippen LogP contribution in [-0.4, -0.2) is 13.2 Å². The van der Waals surface area contributed by atoms with Crippen LogP contribution < -0.4 is 4.43 Å². The molecule has 4 nitrogen and oxygen atoms in total. The van der Waals surface area contributed by atoms with Crippen LogP contribution in [0.5, 0.6) is 5.75 Å². The summed E-state index contributed by atoms with van der Waals surface area (Å²) in [5.41, 5.74) is 4.89. The van der Waals surface area contributed by atoms with Gasteiger partial charge in [-0.15, -0.1) is 0 Å². The van der Waals surface area contributed by atoms with Gasteiger partial charge in [0, 0.05) is 21.9 Å². The van der Waals surface area contributed by atoms with E-state index in [4.69, 9.17) is 4.43 Å². The van der Waals surface area contributed by atoms with Gasteiger partial charge in [0.15, 0.2) is 0 Å². The molecule has 0 spiro atoms. The van der Waals surface area contributed by atoms with E-state index in [2.05, 4.69) is 61.6 Å². The predicted octanol–water partition coefficient (Wildman–Crippen LogP) is 7.36. The van der Waals surface area contributed by atoms with Crippen LogP contribution in [0.4, 0.5) is 5.69 Å². The summed E-state index contributed by atoms with van der Waals surface area (Å²) in [5.74, 6) is 1.02. The molecule has 0 fully saturated rings. The summed E-state index contributed by atoms with van der Waals surface area (Å²) in [7, 11) is -1.93. The second kappa shape index (κ2) is 7.91. The Morgan fingerprint density at radius 3 is 1.79 bits per heavy atom. The Morgan fingerprint density at radius 2 is 1.39 bits per heavy atom. The molecule has 0 amide bonds. The molecule has 2 rings (SSSR count). The van der Waals surface area contributed by atoms with Gasteiger partial charge in [0.05, 0.1) is 4.92 Å². The minimum absolute atomic E-state index is 0.114. The number of nitro groups is 1. The highest BCUT2D eigenvalue weighted by atomic mass is 32.2. The zero-order valence-corrected chi connectivity index (χ0v) is 20.2. The summed E-state index contributed by atoms with van der Waals surface area (Å²) in [6.07, 6.45) is 0. The van der Waals surface area contributed by atoms with Gasteiger partial charge in [0.25, 0.3) is 14.0 Å². The molecule has 0 aliphatic rings. The molecule has 0 aromatic heterocycles. The van der Waals surface area contributed by atoms with Gasteiger partial charge in [0.1, 0.15) is 5.75 Å². The van der Waals surface area contributed by atoms with E-state index < -0.39 is 8.32 Å². The molecule has 0 atom stereocenters. The highest BCUT2D eigenvalue weighted by Gasteiger charge is 2.39. The largest absolute Gasteiger partial charge is 0.543 e. The van der Waals surface area contributed by atoms with E-state index in [9.17, 15) is 10.1 Å². The molecular formula is C22H31NO3SSi. The molecule has 6 heteroatoms. The van der Waals surface area contributed by atoms with Gasteiger partial charge in [-0.3, -0.25) is 10.1 Å². The fourth-order valence-electron chi connectivity index (χ4n) is 2.71. The average molecular weight is 418 g/mol. The van der Waals surface area contributed by atoms with Crippen molar-refractivity contribution in [3.8, 4) is 5.75 Å². The minimum Gasteiger partial charge on any atom is -0.543 e. The molecule has 0 N–H and O–H groups in total. The lowest BCUT2D eigenvalue weighted by Gasteiger charge is -2.38. The molecule has 0 aliphatic heterocycles. The van der Waals surface area contributed by atoms with Crippen LogP contribution in [0.2, 0.25) is 18.1 Å². The van der Waals surface area contributed by atoms with E-state index in [1.807, 2.05) is 12.1 Å². The van der Waals surface area contributed by atoms with Crippen LogP contribution in [0.1, 0.15) is 43.0 Å². The summed E-state index contributed by atoms with van der Waals surface area (Å²) >= 11 is 1.65. The maximum Gasteiger partial charge on any atom is 0.269 e. The summed E-state index contributed by atoms with van der Waals surface area (Å²) in [4.78, 5) is 12.7. The van der Waals surface area contributed by atoms with Gasteiger partial charge in [-0.2, -0.15) is 0 Å². The number of rotatable bonds is 5. The van der Waals surface area contributed by atoms with Crippen molar-refractivity contribution in [3.05, 3.63) is 56.6 Å². The predicted molar refractivity (Wildman–Crippen MR) is 120 cm³/mol. The van der Waals surface area contributed by atoms with Gasteiger partial charge >= 0.3 is 0 Å². The summed E-state index contributed by atoms with van der Waals surface area (Å²) in [6.45, 7) is 19.8. The van der Waals surface area contributed by atoms with Crippen molar-refractivity contribution in [2.45, 2.75) is 76.4 Å². The average Bonchev–Trinajstić information content (AvgIpc) is 2.60. The standard InChI is InChI=1S/C22H31NO3SSi/c1-14-16(3)21(27-19-12-10-18(11-13-19)23(24)25)17(4)15(2)20(14)26-28(8,9)22(5,6)7/h10-13H,1-9H3. The number of nitro benzene ring substituents is 1. The van der Waals surface area contributed by atoms with E-state index in [1.54, 1.807) is 23.9 Å². The molecule has 28 heavy (non-hydrogen) atoms. The number of benzene rings is 2. The molecule has 152 valence electrons. The summed E-state index contributed by atoms with van der Waals surface area (Å²) in [6, 6.07) is 6.74. The zero-order chi connectivity index (χ0) is 21.4. The molecule has 0 radical (unpaired) electrons. The Hall–Kier alpha value is -1.79. The molecular weight excluding hydrogens is 386 g/mol. The number of nitrogens with zero attached hydrogens (tertiary/aromatic N) is 1. The number of hydrogen-bond acceptors (Lipinski definition) is 4. The number of non-ortho nitro benzene ring substituents is 1. The van der Waals surface area contributed by atoms with Crippen LogP contribution in [0.3, 0.4) is 0 Å². The third-order valence-corrected chi connectivity index (χ3v) is 11.6. The fraction of sp³-hybridized carbons (Fsp3) is 0.455. The Kier molecular flexibility index (Phi) is 6.36. The molecule has 0 saturated heterocycles. The first-order valence-electron chi connectivity index (χ1n) is 9.48. The van der Waals surface area contributed by atoms with Crippen molar-refractivity contribution in [1.29, 1.82) is 0 Å². The smallest absolute Gasteiger partial charge is 0.269 e. The lowest BCUT2D eigenvalue weighted by atomic mass is 10.00. The maximum atomic E-state index is 10.9. The van der Waals surface area contributed by atoms with Crippen LogP contribution in [0.15, 0.2) is 34.1 Å². The van der Waals surface area contributed by atoms with Crippen LogP contribution >= 0.6 is 11.8 Å². The molecule has 2 aromatic carbocycles. The lowest BCUT2D eigenvalue weighted by molar-refractivity contribution is -0.384. The van der Waals surface area contributed by atoms with Crippen molar-refractivity contribution < 1.29 is 9.35 Å². The Balaban J connectivity index is 2.45. The molecule has 0 saturated carbocycles. The van der Waals surface area contributed by atoms with Crippen molar-refractivity contribution in [1.82, 2.24) is 0 Å². The zero-order valence-electron chi connectivity index (χ0n) is 18.4. The van der Waals surface area contributed by atoms with Crippen molar-refractivity contribution in [2.75, 3.05) is 0 Å². The fourth-order valence-corrected chi connectivity index (χ4v) is 4.95. The highest BCUT2D eigenvalue weighted by molar-refractivity contribution is 7.99. The maximum absolute atomic E-state index is 10.9. The monoisotopic (exact) mass is 417 g/mol. The van der Waals surface area contributed by atoms with Gasteiger partial charge < -0.3 is 4.43 Å². The normalized spacial score (nSPS) is 12.2. The van der Waals surface area contributed by atoms with Crippen LogP contribution in [0.25, 0.3) is 0 Å². The second-order valence-corrected chi connectivity index (χ2v) is 14.7. The molecule has 0 aliphatic carbocycles. The van der Waals surface area contributed by atoms with E-state index >= 15 is 0 Å². The first kappa shape index (κ1) is 22.5.